The van der Waals surface area contributed by atoms with Crippen molar-refractivity contribution < 1.29 is 4.74 Å². The van der Waals surface area contributed by atoms with Crippen LogP contribution < -0.4 is 10.5 Å². The van der Waals surface area contributed by atoms with Gasteiger partial charge in [0.1, 0.15) is 5.82 Å². The number of aromatic nitrogens is 3. The van der Waals surface area contributed by atoms with Gasteiger partial charge in [-0.3, -0.25) is 4.98 Å². The third kappa shape index (κ3) is 2.69. The van der Waals surface area contributed by atoms with Crippen LogP contribution in [0.4, 0.5) is 5.82 Å². The molecule has 0 saturated heterocycles. The summed E-state index contributed by atoms with van der Waals surface area (Å²) >= 11 is 0. The molecule has 17 heavy (non-hydrogen) atoms. The second-order valence-corrected chi connectivity index (χ2v) is 3.63. The highest BCUT2D eigenvalue weighted by atomic mass is 16.5. The van der Waals surface area contributed by atoms with Crippen molar-refractivity contribution in [2.45, 2.75) is 20.3 Å². The van der Waals surface area contributed by atoms with E-state index in [1.807, 2.05) is 26.0 Å². The molecule has 2 N–H and O–H groups in total. The fourth-order valence-corrected chi connectivity index (χ4v) is 1.44. The summed E-state index contributed by atoms with van der Waals surface area (Å²) in [6, 6.07) is 3.79. The van der Waals surface area contributed by atoms with Gasteiger partial charge in [0, 0.05) is 5.69 Å². The normalized spacial score (nSPS) is 10.2. The van der Waals surface area contributed by atoms with Gasteiger partial charge in [0.2, 0.25) is 5.88 Å². The van der Waals surface area contributed by atoms with E-state index in [1.165, 1.54) is 12.4 Å². The summed E-state index contributed by atoms with van der Waals surface area (Å²) in [5, 5.41) is 0. The maximum atomic E-state index is 5.62. The minimum Gasteiger partial charge on any atom is -0.436 e. The molecule has 88 valence electrons. The van der Waals surface area contributed by atoms with E-state index in [0.717, 1.165) is 17.8 Å². The van der Waals surface area contributed by atoms with E-state index < -0.39 is 0 Å². The average Bonchev–Trinajstić information content (AvgIpc) is 2.34. The second kappa shape index (κ2) is 4.78. The summed E-state index contributed by atoms with van der Waals surface area (Å²) in [6.07, 6.45) is 3.76. The molecular weight excluding hydrogens is 216 g/mol. The summed E-state index contributed by atoms with van der Waals surface area (Å²) in [5.74, 6) is 1.49. The molecule has 0 amide bonds. The smallest absolute Gasteiger partial charge is 0.238 e. The lowest BCUT2D eigenvalue weighted by molar-refractivity contribution is 0.451. The molecule has 0 aromatic carbocycles. The first-order valence-corrected chi connectivity index (χ1v) is 5.41. The van der Waals surface area contributed by atoms with Crippen LogP contribution in [0.5, 0.6) is 11.6 Å². The molecule has 2 rings (SSSR count). The fraction of sp³-hybridized carbons (Fsp3) is 0.250. The molecule has 0 radical (unpaired) electrons. The molecular formula is C12H14N4O. The fourth-order valence-electron chi connectivity index (χ4n) is 1.44. The highest BCUT2D eigenvalue weighted by Crippen LogP contribution is 2.23. The predicted octanol–water partition coefficient (Wildman–Crippen LogP) is 2.12. The van der Waals surface area contributed by atoms with Crippen molar-refractivity contribution in [1.82, 2.24) is 15.0 Å². The van der Waals surface area contributed by atoms with Gasteiger partial charge < -0.3 is 10.5 Å². The largest absolute Gasteiger partial charge is 0.436 e. The van der Waals surface area contributed by atoms with E-state index in [1.54, 1.807) is 0 Å². The Kier molecular flexibility index (Phi) is 3.18. The predicted molar refractivity (Wildman–Crippen MR) is 64.9 cm³/mol. The Hall–Kier alpha value is -2.17. The van der Waals surface area contributed by atoms with Gasteiger partial charge in [-0.1, -0.05) is 6.92 Å². The molecule has 0 atom stereocenters. The number of nitrogen functional groups attached to an aromatic ring is 1. The van der Waals surface area contributed by atoms with E-state index in [-0.39, 0.29) is 0 Å². The summed E-state index contributed by atoms with van der Waals surface area (Å²) in [4.78, 5) is 12.4. The molecule has 2 aromatic heterocycles. The molecule has 0 fully saturated rings. The van der Waals surface area contributed by atoms with Crippen LogP contribution in [-0.2, 0) is 6.42 Å². The van der Waals surface area contributed by atoms with Crippen LogP contribution in [0.15, 0.2) is 24.5 Å². The van der Waals surface area contributed by atoms with Gasteiger partial charge in [-0.05, 0) is 25.5 Å². The number of rotatable bonds is 3. The zero-order chi connectivity index (χ0) is 12.3. The van der Waals surface area contributed by atoms with Crippen molar-refractivity contribution in [2.24, 2.45) is 0 Å². The number of hydrogen-bond donors (Lipinski definition) is 1. The number of ether oxygens (including phenoxy) is 1. The molecule has 0 aliphatic rings. The second-order valence-electron chi connectivity index (χ2n) is 3.63. The zero-order valence-electron chi connectivity index (χ0n) is 9.84. The standard InChI is InChI=1S/C12H14N4O/c1-3-9-10(5-4-8(2)16-9)17-12-7-14-11(13)6-15-12/h4-7H,3H2,1-2H3,(H2,13,14). The van der Waals surface area contributed by atoms with Crippen LogP contribution in [0.3, 0.4) is 0 Å². The topological polar surface area (TPSA) is 73.9 Å². The van der Waals surface area contributed by atoms with Crippen molar-refractivity contribution in [3.8, 4) is 11.6 Å². The van der Waals surface area contributed by atoms with E-state index in [0.29, 0.717) is 17.4 Å². The summed E-state index contributed by atoms with van der Waals surface area (Å²) in [7, 11) is 0. The number of nitrogens with zero attached hydrogens (tertiary/aromatic N) is 3. The minimum atomic E-state index is 0.370. The zero-order valence-corrected chi connectivity index (χ0v) is 9.84. The molecule has 5 nitrogen and oxygen atoms in total. The van der Waals surface area contributed by atoms with E-state index in [4.69, 9.17) is 10.5 Å². The van der Waals surface area contributed by atoms with Gasteiger partial charge in [-0.25, -0.2) is 9.97 Å². The van der Waals surface area contributed by atoms with Crippen molar-refractivity contribution in [1.29, 1.82) is 0 Å². The molecule has 0 spiro atoms. The van der Waals surface area contributed by atoms with Crippen LogP contribution in [0, 0.1) is 6.92 Å². The molecule has 0 unspecified atom stereocenters. The van der Waals surface area contributed by atoms with Gasteiger partial charge >= 0.3 is 0 Å². The Morgan fingerprint density at radius 2 is 2.06 bits per heavy atom. The lowest BCUT2D eigenvalue weighted by Gasteiger charge is -2.08. The summed E-state index contributed by atoms with van der Waals surface area (Å²) in [5.41, 5.74) is 7.33. The first-order valence-electron chi connectivity index (χ1n) is 5.41. The monoisotopic (exact) mass is 230 g/mol. The first-order chi connectivity index (χ1) is 8.19. The van der Waals surface area contributed by atoms with Gasteiger partial charge in [-0.2, -0.15) is 0 Å². The quantitative estimate of drug-likeness (QED) is 0.874. The van der Waals surface area contributed by atoms with Crippen LogP contribution >= 0.6 is 0 Å². The molecule has 0 bridgehead atoms. The van der Waals surface area contributed by atoms with Crippen LogP contribution in [0.1, 0.15) is 18.3 Å². The van der Waals surface area contributed by atoms with Gasteiger partial charge in [0.25, 0.3) is 0 Å². The number of aryl methyl sites for hydroxylation is 2. The third-order valence-electron chi connectivity index (χ3n) is 2.27. The first kappa shape index (κ1) is 11.3. The number of pyridine rings is 1. The minimum absolute atomic E-state index is 0.370. The molecule has 0 aliphatic heterocycles. The van der Waals surface area contributed by atoms with Crippen LogP contribution in [0.2, 0.25) is 0 Å². The molecule has 2 heterocycles. The van der Waals surface area contributed by atoms with Gasteiger partial charge in [0.05, 0.1) is 18.1 Å². The van der Waals surface area contributed by atoms with Crippen LogP contribution in [-0.4, -0.2) is 15.0 Å². The molecule has 2 aromatic rings. The van der Waals surface area contributed by atoms with Crippen molar-refractivity contribution >= 4 is 5.82 Å². The molecule has 5 heteroatoms. The Morgan fingerprint density at radius 3 is 2.71 bits per heavy atom. The van der Waals surface area contributed by atoms with Gasteiger partial charge in [0.15, 0.2) is 5.75 Å². The Balaban J connectivity index is 2.26. The summed E-state index contributed by atoms with van der Waals surface area (Å²) < 4.78 is 5.62. The maximum absolute atomic E-state index is 5.62. The van der Waals surface area contributed by atoms with E-state index >= 15 is 0 Å². The van der Waals surface area contributed by atoms with E-state index in [9.17, 15) is 0 Å². The van der Waals surface area contributed by atoms with Crippen molar-refractivity contribution in [2.75, 3.05) is 5.73 Å². The Labute approximate surface area is 99.7 Å². The number of nitrogens with two attached hydrogens (primary N) is 1. The van der Waals surface area contributed by atoms with Crippen molar-refractivity contribution in [3.63, 3.8) is 0 Å². The highest BCUT2D eigenvalue weighted by molar-refractivity contribution is 5.33. The summed E-state index contributed by atoms with van der Waals surface area (Å²) in [6.45, 7) is 3.98. The average molecular weight is 230 g/mol. The van der Waals surface area contributed by atoms with Crippen molar-refractivity contribution in [3.05, 3.63) is 35.9 Å². The molecule has 0 aliphatic carbocycles. The van der Waals surface area contributed by atoms with E-state index in [2.05, 4.69) is 15.0 Å². The van der Waals surface area contributed by atoms with Crippen LogP contribution in [0.25, 0.3) is 0 Å². The lowest BCUT2D eigenvalue weighted by Crippen LogP contribution is -1.98. The Morgan fingerprint density at radius 1 is 1.24 bits per heavy atom. The lowest BCUT2D eigenvalue weighted by atomic mass is 10.2. The number of hydrogen-bond acceptors (Lipinski definition) is 5. The highest BCUT2D eigenvalue weighted by Gasteiger charge is 2.06. The third-order valence-corrected chi connectivity index (χ3v) is 2.27. The number of anilines is 1. The SMILES string of the molecule is CCc1nc(C)ccc1Oc1cnc(N)cn1. The maximum Gasteiger partial charge on any atom is 0.238 e. The molecule has 0 saturated carbocycles. The van der Waals surface area contributed by atoms with Gasteiger partial charge in [-0.15, -0.1) is 0 Å². The Bertz CT molecular complexity index is 510.